The average molecular weight is 540 g/mol. The van der Waals surface area contributed by atoms with Crippen molar-refractivity contribution in [1.29, 1.82) is 0 Å². The molecule has 2 aromatic carbocycles. The number of piperidine rings is 1. The largest absolute Gasteiger partial charge is 0.454 e. The summed E-state index contributed by atoms with van der Waals surface area (Å²) in [4.78, 5) is 26.6. The van der Waals surface area contributed by atoms with Gasteiger partial charge >= 0.3 is 12.1 Å². The molecule has 0 spiro atoms. The molecule has 1 unspecified atom stereocenters. The summed E-state index contributed by atoms with van der Waals surface area (Å²) in [6, 6.07) is 6.73. The summed E-state index contributed by atoms with van der Waals surface area (Å²) in [7, 11) is 0. The highest BCUT2D eigenvalue weighted by atomic mass is 35.5. The van der Waals surface area contributed by atoms with E-state index >= 15 is 0 Å². The summed E-state index contributed by atoms with van der Waals surface area (Å²) in [6.45, 7) is 10.3. The van der Waals surface area contributed by atoms with Gasteiger partial charge in [0.1, 0.15) is 17.2 Å². The van der Waals surface area contributed by atoms with E-state index in [0.29, 0.717) is 18.8 Å². The molecular formula is C26H32Cl2FN3O4. The SMILES string of the molecule is CC(C)c1cc(F)cc(Oc2c(Cl)cc(NC(=O)NC3CCCN(C(=O)OC(C)(C)C)C3)cc2Cl)c1. The smallest absolute Gasteiger partial charge is 0.410 e. The van der Waals surface area contributed by atoms with Crippen LogP contribution in [0.5, 0.6) is 11.5 Å². The number of amides is 3. The Morgan fingerprint density at radius 2 is 1.78 bits per heavy atom. The highest BCUT2D eigenvalue weighted by Gasteiger charge is 2.28. The van der Waals surface area contributed by atoms with Gasteiger partial charge in [-0.15, -0.1) is 0 Å². The molecule has 10 heteroatoms. The predicted octanol–water partition coefficient (Wildman–Crippen LogP) is 7.57. The van der Waals surface area contributed by atoms with Crippen LogP contribution in [0, 0.1) is 5.82 Å². The molecule has 36 heavy (non-hydrogen) atoms. The monoisotopic (exact) mass is 539 g/mol. The Hall–Kier alpha value is -2.71. The van der Waals surface area contributed by atoms with Crippen LogP contribution in [0.4, 0.5) is 19.7 Å². The molecule has 3 rings (SSSR count). The highest BCUT2D eigenvalue weighted by Crippen LogP contribution is 2.39. The van der Waals surface area contributed by atoms with E-state index in [9.17, 15) is 14.0 Å². The van der Waals surface area contributed by atoms with Crippen LogP contribution in [0.3, 0.4) is 0 Å². The molecule has 1 heterocycles. The van der Waals surface area contributed by atoms with Crippen LogP contribution in [0.1, 0.15) is 58.9 Å². The lowest BCUT2D eigenvalue weighted by atomic mass is 10.0. The predicted molar refractivity (Wildman–Crippen MR) is 140 cm³/mol. The molecule has 196 valence electrons. The van der Waals surface area contributed by atoms with Crippen molar-refractivity contribution in [1.82, 2.24) is 10.2 Å². The van der Waals surface area contributed by atoms with Crippen LogP contribution in [-0.4, -0.2) is 41.8 Å². The van der Waals surface area contributed by atoms with Gasteiger partial charge in [0.15, 0.2) is 5.75 Å². The highest BCUT2D eigenvalue weighted by molar-refractivity contribution is 6.37. The lowest BCUT2D eigenvalue weighted by Crippen LogP contribution is -2.51. The molecule has 3 amide bonds. The van der Waals surface area contributed by atoms with Crippen molar-refractivity contribution in [2.45, 2.75) is 65.0 Å². The fourth-order valence-corrected chi connectivity index (χ4v) is 4.33. The van der Waals surface area contributed by atoms with Crippen LogP contribution in [0.25, 0.3) is 0 Å². The van der Waals surface area contributed by atoms with E-state index in [1.54, 1.807) is 11.0 Å². The number of urea groups is 1. The molecule has 1 aliphatic heterocycles. The number of ether oxygens (including phenoxy) is 2. The molecule has 0 aromatic heterocycles. The van der Waals surface area contributed by atoms with Crippen molar-refractivity contribution in [3.63, 3.8) is 0 Å². The Morgan fingerprint density at radius 1 is 1.11 bits per heavy atom. The van der Waals surface area contributed by atoms with E-state index in [-0.39, 0.29) is 33.5 Å². The molecule has 0 bridgehead atoms. The first-order valence-corrected chi connectivity index (χ1v) is 12.6. The lowest BCUT2D eigenvalue weighted by Gasteiger charge is -2.34. The Morgan fingerprint density at radius 3 is 2.39 bits per heavy atom. The van der Waals surface area contributed by atoms with E-state index in [4.69, 9.17) is 32.7 Å². The van der Waals surface area contributed by atoms with Crippen LogP contribution < -0.4 is 15.4 Å². The van der Waals surface area contributed by atoms with Gasteiger partial charge in [-0.25, -0.2) is 14.0 Å². The average Bonchev–Trinajstić information content (AvgIpc) is 2.75. The molecule has 0 aliphatic carbocycles. The zero-order valence-corrected chi connectivity index (χ0v) is 22.6. The number of likely N-dealkylation sites (tertiary alicyclic amines) is 1. The molecule has 1 saturated heterocycles. The number of hydrogen-bond acceptors (Lipinski definition) is 4. The summed E-state index contributed by atoms with van der Waals surface area (Å²) < 4.78 is 25.2. The first-order chi connectivity index (χ1) is 16.8. The second kappa shape index (κ2) is 11.6. The Kier molecular flexibility index (Phi) is 8.95. The van der Waals surface area contributed by atoms with E-state index in [0.717, 1.165) is 18.4 Å². The minimum absolute atomic E-state index is 0.111. The van der Waals surface area contributed by atoms with Crippen molar-refractivity contribution in [2.75, 3.05) is 18.4 Å². The molecule has 0 radical (unpaired) electrons. The van der Waals surface area contributed by atoms with E-state index in [1.165, 1.54) is 24.3 Å². The number of anilines is 1. The maximum atomic E-state index is 14.0. The van der Waals surface area contributed by atoms with Crippen molar-refractivity contribution >= 4 is 41.0 Å². The molecule has 2 N–H and O–H groups in total. The number of nitrogens with zero attached hydrogens (tertiary/aromatic N) is 1. The summed E-state index contributed by atoms with van der Waals surface area (Å²) in [5, 5.41) is 5.89. The third kappa shape index (κ3) is 7.90. The van der Waals surface area contributed by atoms with E-state index in [2.05, 4.69) is 10.6 Å². The zero-order valence-electron chi connectivity index (χ0n) is 21.1. The van der Waals surface area contributed by atoms with Gasteiger partial charge in [-0.2, -0.15) is 0 Å². The number of hydrogen-bond donors (Lipinski definition) is 2. The summed E-state index contributed by atoms with van der Waals surface area (Å²) >= 11 is 12.8. The standard InChI is InChI=1S/C26H32Cl2FN3O4/c1-15(2)16-9-17(29)11-20(10-16)35-23-21(27)12-19(13-22(23)28)31-24(33)30-18-7-6-8-32(14-18)25(34)36-26(3,4)5/h9-13,15,18H,6-8,14H2,1-5H3,(H2,30,31,33). The maximum Gasteiger partial charge on any atom is 0.410 e. The number of rotatable bonds is 5. The van der Waals surface area contributed by atoms with E-state index in [1.807, 2.05) is 34.6 Å². The fourth-order valence-electron chi connectivity index (χ4n) is 3.76. The van der Waals surface area contributed by atoms with Crippen molar-refractivity contribution < 1.29 is 23.5 Å². The number of carbonyl (C=O) groups is 2. The third-order valence-corrected chi connectivity index (χ3v) is 6.01. The number of benzene rings is 2. The molecular weight excluding hydrogens is 508 g/mol. The minimum Gasteiger partial charge on any atom is -0.454 e. The van der Waals surface area contributed by atoms with Crippen molar-refractivity contribution in [2.24, 2.45) is 0 Å². The Bertz CT molecular complexity index is 1100. The molecule has 0 saturated carbocycles. The Labute approximate surface area is 221 Å². The quantitative estimate of drug-likeness (QED) is 0.410. The van der Waals surface area contributed by atoms with Gasteiger partial charge in [0.05, 0.1) is 10.0 Å². The van der Waals surface area contributed by atoms with Gasteiger partial charge in [-0.05, 0) is 69.4 Å². The topological polar surface area (TPSA) is 79.9 Å². The van der Waals surface area contributed by atoms with Gasteiger partial charge < -0.3 is 25.0 Å². The summed E-state index contributed by atoms with van der Waals surface area (Å²) in [6.07, 6.45) is 1.07. The summed E-state index contributed by atoms with van der Waals surface area (Å²) in [5.74, 6) is 0.114. The summed E-state index contributed by atoms with van der Waals surface area (Å²) in [5.41, 5.74) is 0.547. The van der Waals surface area contributed by atoms with Crippen LogP contribution in [-0.2, 0) is 4.74 Å². The van der Waals surface area contributed by atoms with Crippen molar-refractivity contribution in [3.8, 4) is 11.5 Å². The second-order valence-corrected chi connectivity index (χ2v) is 10.9. The minimum atomic E-state index is -0.589. The van der Waals surface area contributed by atoms with Gasteiger partial charge in [-0.1, -0.05) is 37.0 Å². The molecule has 1 atom stereocenters. The molecule has 1 aliphatic rings. The zero-order chi connectivity index (χ0) is 26.6. The van der Waals surface area contributed by atoms with E-state index < -0.39 is 23.5 Å². The van der Waals surface area contributed by atoms with Crippen LogP contribution in [0.15, 0.2) is 30.3 Å². The molecule has 7 nitrogen and oxygen atoms in total. The van der Waals surface area contributed by atoms with Crippen LogP contribution >= 0.6 is 23.2 Å². The molecule has 2 aromatic rings. The Balaban J connectivity index is 1.63. The van der Waals surface area contributed by atoms with Crippen LogP contribution in [0.2, 0.25) is 10.0 Å². The number of nitrogens with one attached hydrogen (secondary N) is 2. The van der Waals surface area contributed by atoms with Gasteiger partial charge in [0.25, 0.3) is 0 Å². The van der Waals surface area contributed by atoms with Gasteiger partial charge in [0.2, 0.25) is 0 Å². The van der Waals surface area contributed by atoms with Crippen molar-refractivity contribution in [3.05, 3.63) is 51.8 Å². The first kappa shape index (κ1) is 27.9. The normalized spacial score (nSPS) is 16.0. The number of halogens is 3. The fraction of sp³-hybridized carbons (Fsp3) is 0.462. The van der Waals surface area contributed by atoms with Gasteiger partial charge in [0, 0.05) is 30.9 Å². The maximum absolute atomic E-state index is 14.0. The number of carbonyl (C=O) groups excluding carboxylic acids is 2. The second-order valence-electron chi connectivity index (χ2n) is 10.1. The first-order valence-electron chi connectivity index (χ1n) is 11.8. The molecule has 1 fully saturated rings. The third-order valence-electron chi connectivity index (χ3n) is 5.44. The van der Waals surface area contributed by atoms with Gasteiger partial charge in [-0.3, -0.25) is 0 Å². The lowest BCUT2D eigenvalue weighted by molar-refractivity contribution is 0.0191.